The summed E-state index contributed by atoms with van der Waals surface area (Å²) >= 11 is 6.03. The maximum Gasteiger partial charge on any atom is 0.287 e. The molecule has 10 nitrogen and oxygen atoms in total. The van der Waals surface area contributed by atoms with Gasteiger partial charge in [0, 0.05) is 44.4 Å². The van der Waals surface area contributed by atoms with Crippen molar-refractivity contribution in [3.63, 3.8) is 0 Å². The predicted octanol–water partition coefficient (Wildman–Crippen LogP) is 2.51. The first-order valence-corrected chi connectivity index (χ1v) is 8.33. The molecule has 0 unspecified atom stereocenters. The zero-order valence-electron chi connectivity index (χ0n) is 13.9. The van der Waals surface area contributed by atoms with E-state index in [4.69, 9.17) is 11.6 Å². The van der Waals surface area contributed by atoms with Crippen LogP contribution in [-0.4, -0.2) is 51.8 Å². The Morgan fingerprint density at radius 1 is 1.00 bits per heavy atom. The molecule has 0 atom stereocenters. The molecule has 140 valence electrons. The molecular formula is C16H14ClN5O5. The minimum absolute atomic E-state index is 0.0899. The van der Waals surface area contributed by atoms with E-state index in [2.05, 4.69) is 4.98 Å². The number of carbonyl (C=O) groups excluding carboxylic acids is 1. The number of carbonyl (C=O) groups is 1. The largest absolute Gasteiger partial charge is 0.353 e. The highest BCUT2D eigenvalue weighted by Crippen LogP contribution is 2.24. The molecule has 1 amide bonds. The second kappa shape index (κ2) is 7.54. The monoisotopic (exact) mass is 391 g/mol. The molecule has 2 heterocycles. The van der Waals surface area contributed by atoms with Gasteiger partial charge >= 0.3 is 0 Å². The van der Waals surface area contributed by atoms with Crippen molar-refractivity contribution in [3.8, 4) is 0 Å². The molecular weight excluding hydrogens is 378 g/mol. The van der Waals surface area contributed by atoms with Gasteiger partial charge in [-0.15, -0.1) is 0 Å². The van der Waals surface area contributed by atoms with Crippen LogP contribution in [0.1, 0.15) is 10.4 Å². The molecule has 1 saturated heterocycles. The van der Waals surface area contributed by atoms with E-state index in [-0.39, 0.29) is 27.9 Å². The number of aromatic nitrogens is 1. The Morgan fingerprint density at radius 3 is 2.19 bits per heavy atom. The predicted molar refractivity (Wildman–Crippen MR) is 97.1 cm³/mol. The van der Waals surface area contributed by atoms with E-state index in [1.807, 2.05) is 4.90 Å². The molecule has 11 heteroatoms. The van der Waals surface area contributed by atoms with Gasteiger partial charge in [-0.25, -0.2) is 4.98 Å². The molecule has 2 aromatic rings. The fraction of sp³-hybridized carbons (Fsp3) is 0.250. The van der Waals surface area contributed by atoms with Crippen LogP contribution in [0.3, 0.4) is 0 Å². The van der Waals surface area contributed by atoms with Crippen LogP contribution in [0.5, 0.6) is 0 Å². The third-order valence-corrected chi connectivity index (χ3v) is 4.55. The number of non-ortho nitro benzene ring substituents is 1. The van der Waals surface area contributed by atoms with Gasteiger partial charge in [-0.05, 0) is 12.1 Å². The van der Waals surface area contributed by atoms with Gasteiger partial charge in [-0.2, -0.15) is 0 Å². The van der Waals surface area contributed by atoms with Crippen LogP contribution in [0.2, 0.25) is 5.02 Å². The second-order valence-corrected chi connectivity index (χ2v) is 6.24. The highest BCUT2D eigenvalue weighted by Gasteiger charge is 2.26. The summed E-state index contributed by atoms with van der Waals surface area (Å²) in [6, 6.07) is 6.70. The number of hydrogen-bond donors (Lipinski definition) is 0. The smallest absolute Gasteiger partial charge is 0.287 e. The highest BCUT2D eigenvalue weighted by molar-refractivity contribution is 6.33. The lowest BCUT2D eigenvalue weighted by Gasteiger charge is -2.35. The Balaban J connectivity index is 1.68. The number of halogens is 1. The van der Waals surface area contributed by atoms with E-state index in [9.17, 15) is 25.0 Å². The van der Waals surface area contributed by atoms with Crippen LogP contribution in [0, 0.1) is 20.2 Å². The Kier molecular flexibility index (Phi) is 5.17. The zero-order chi connectivity index (χ0) is 19.6. The summed E-state index contributed by atoms with van der Waals surface area (Å²) in [5, 5.41) is 21.8. The van der Waals surface area contributed by atoms with Crippen LogP contribution in [0.15, 0.2) is 36.5 Å². The van der Waals surface area contributed by atoms with Gasteiger partial charge in [0.15, 0.2) is 0 Å². The summed E-state index contributed by atoms with van der Waals surface area (Å²) in [7, 11) is 0. The van der Waals surface area contributed by atoms with Crippen molar-refractivity contribution in [3.05, 3.63) is 67.3 Å². The van der Waals surface area contributed by atoms with E-state index >= 15 is 0 Å². The topological polar surface area (TPSA) is 123 Å². The summed E-state index contributed by atoms with van der Waals surface area (Å²) in [4.78, 5) is 40.7. The van der Waals surface area contributed by atoms with Crippen LogP contribution in [0.25, 0.3) is 0 Å². The van der Waals surface area contributed by atoms with E-state index in [1.165, 1.54) is 30.5 Å². The third kappa shape index (κ3) is 3.95. The molecule has 0 radical (unpaired) electrons. The lowest BCUT2D eigenvalue weighted by atomic mass is 10.1. The number of piperazine rings is 1. The van der Waals surface area contributed by atoms with Crippen molar-refractivity contribution in [2.75, 3.05) is 31.1 Å². The molecule has 1 aromatic heterocycles. The van der Waals surface area contributed by atoms with Gasteiger partial charge in [-0.3, -0.25) is 25.0 Å². The fourth-order valence-electron chi connectivity index (χ4n) is 2.77. The van der Waals surface area contributed by atoms with E-state index in [1.54, 1.807) is 11.0 Å². The maximum atomic E-state index is 12.7. The highest BCUT2D eigenvalue weighted by atomic mass is 35.5. The number of rotatable bonds is 4. The van der Waals surface area contributed by atoms with Crippen molar-refractivity contribution in [1.82, 2.24) is 9.88 Å². The van der Waals surface area contributed by atoms with Gasteiger partial charge in [0.05, 0.1) is 20.4 Å². The number of pyridine rings is 1. The lowest BCUT2D eigenvalue weighted by Crippen LogP contribution is -2.49. The number of amides is 1. The number of hydrogen-bond acceptors (Lipinski definition) is 7. The molecule has 1 aliphatic rings. The summed E-state index contributed by atoms with van der Waals surface area (Å²) < 4.78 is 0. The van der Waals surface area contributed by atoms with Gasteiger partial charge < -0.3 is 9.80 Å². The quantitative estimate of drug-likeness (QED) is 0.579. The Bertz CT molecular complexity index is 897. The molecule has 0 aliphatic carbocycles. The van der Waals surface area contributed by atoms with E-state index in [0.29, 0.717) is 32.0 Å². The van der Waals surface area contributed by atoms with Crippen LogP contribution >= 0.6 is 11.6 Å². The average Bonchev–Trinajstić information content (AvgIpc) is 2.68. The molecule has 0 N–H and O–H groups in total. The van der Waals surface area contributed by atoms with Crippen LogP contribution < -0.4 is 4.90 Å². The van der Waals surface area contributed by atoms with Gasteiger partial charge in [0.1, 0.15) is 12.0 Å². The molecule has 1 aliphatic heterocycles. The molecule has 0 spiro atoms. The zero-order valence-corrected chi connectivity index (χ0v) is 14.7. The van der Waals surface area contributed by atoms with Crippen molar-refractivity contribution in [1.29, 1.82) is 0 Å². The Hall–Kier alpha value is -3.27. The molecule has 1 fully saturated rings. The summed E-state index contributed by atoms with van der Waals surface area (Å²) in [5.41, 5.74) is -0.197. The van der Waals surface area contributed by atoms with Gasteiger partial charge in [0.2, 0.25) is 0 Å². The summed E-state index contributed by atoms with van der Waals surface area (Å²) in [6.07, 6.45) is 1.19. The van der Waals surface area contributed by atoms with E-state index in [0.717, 1.165) is 0 Å². The van der Waals surface area contributed by atoms with Gasteiger partial charge in [-0.1, -0.05) is 11.6 Å². The average molecular weight is 392 g/mol. The van der Waals surface area contributed by atoms with Crippen molar-refractivity contribution in [2.45, 2.75) is 0 Å². The molecule has 3 rings (SSSR count). The number of nitro benzene ring substituents is 1. The third-order valence-electron chi connectivity index (χ3n) is 4.23. The number of benzene rings is 1. The number of nitro groups is 2. The fourth-order valence-corrected chi connectivity index (χ4v) is 2.97. The lowest BCUT2D eigenvalue weighted by molar-refractivity contribution is -0.385. The minimum atomic E-state index is -0.578. The van der Waals surface area contributed by atoms with Crippen molar-refractivity contribution < 1.29 is 14.6 Å². The number of nitrogens with zero attached hydrogens (tertiary/aromatic N) is 5. The first kappa shape index (κ1) is 18.5. The normalized spacial score (nSPS) is 14.1. The molecule has 27 heavy (non-hydrogen) atoms. The Labute approximate surface area is 158 Å². The first-order valence-electron chi connectivity index (χ1n) is 7.95. The number of anilines is 1. The van der Waals surface area contributed by atoms with E-state index < -0.39 is 9.85 Å². The standard InChI is InChI=1S/C16H14ClN5O5/c17-14-3-1-11(21(24)25)9-13(14)16(23)20-7-5-19(6-8-20)15-4-2-12(10-18-15)22(26)27/h1-4,9-10H,5-8H2. The minimum Gasteiger partial charge on any atom is -0.353 e. The Morgan fingerprint density at radius 2 is 1.63 bits per heavy atom. The van der Waals surface area contributed by atoms with Crippen LogP contribution in [0.4, 0.5) is 17.2 Å². The maximum absolute atomic E-state index is 12.7. The molecule has 0 saturated carbocycles. The first-order chi connectivity index (χ1) is 12.9. The van der Waals surface area contributed by atoms with Crippen LogP contribution in [-0.2, 0) is 0 Å². The second-order valence-electron chi connectivity index (χ2n) is 5.83. The molecule has 0 bridgehead atoms. The van der Waals surface area contributed by atoms with Crippen molar-refractivity contribution in [2.24, 2.45) is 0 Å². The summed E-state index contributed by atoms with van der Waals surface area (Å²) in [6.45, 7) is 1.69. The van der Waals surface area contributed by atoms with Crippen molar-refractivity contribution >= 4 is 34.7 Å². The summed E-state index contributed by atoms with van der Waals surface area (Å²) in [5.74, 6) is 0.209. The van der Waals surface area contributed by atoms with Gasteiger partial charge in [0.25, 0.3) is 17.3 Å². The SMILES string of the molecule is O=C(c1cc([N+](=O)[O-])ccc1Cl)N1CCN(c2ccc([N+](=O)[O-])cn2)CC1. The molecule has 1 aromatic carbocycles.